The number of hydrogen-bond acceptors (Lipinski definition) is 5. The second kappa shape index (κ2) is 8.36. The van der Waals surface area contributed by atoms with Crippen molar-refractivity contribution in [2.45, 2.75) is 6.54 Å². The molecule has 0 aliphatic carbocycles. The second-order valence-electron chi connectivity index (χ2n) is 7.99. The lowest BCUT2D eigenvalue weighted by atomic mass is 9.94. The molecule has 0 atom stereocenters. The van der Waals surface area contributed by atoms with Gasteiger partial charge in [-0.2, -0.15) is 0 Å². The maximum absolute atomic E-state index is 12.9. The van der Waals surface area contributed by atoms with E-state index in [9.17, 15) is 4.79 Å². The molecule has 3 aromatic rings. The minimum atomic E-state index is 0.0917. The van der Waals surface area contributed by atoms with Crippen LogP contribution in [0.4, 0.5) is 11.5 Å². The minimum Gasteiger partial charge on any atom is -0.384 e. The van der Waals surface area contributed by atoms with E-state index in [2.05, 4.69) is 9.88 Å². The molecular weight excluding hydrogens is 373 g/mol. The van der Waals surface area contributed by atoms with Gasteiger partial charge in [0, 0.05) is 63.5 Å². The molecule has 2 radical (unpaired) electrons. The number of carbonyl (C=O) groups is 1. The number of piperazine rings is 1. The highest BCUT2D eigenvalue weighted by molar-refractivity contribution is 6.33. The van der Waals surface area contributed by atoms with Crippen molar-refractivity contribution in [2.24, 2.45) is 0 Å². The summed E-state index contributed by atoms with van der Waals surface area (Å²) in [6, 6.07) is 15.5. The van der Waals surface area contributed by atoms with Crippen molar-refractivity contribution in [1.82, 2.24) is 14.8 Å². The molecule has 0 unspecified atom stereocenters. The maximum atomic E-state index is 12.9. The van der Waals surface area contributed by atoms with E-state index in [0.717, 1.165) is 47.4 Å². The third kappa shape index (κ3) is 4.26. The van der Waals surface area contributed by atoms with Crippen LogP contribution in [0.1, 0.15) is 15.9 Å². The van der Waals surface area contributed by atoms with Gasteiger partial charge in [-0.3, -0.25) is 9.69 Å². The van der Waals surface area contributed by atoms with Crippen LogP contribution in [-0.4, -0.2) is 68.8 Å². The van der Waals surface area contributed by atoms with Crippen LogP contribution < -0.4 is 16.1 Å². The molecule has 7 heteroatoms. The Balaban J connectivity index is 1.41. The molecule has 1 fully saturated rings. The Kier molecular flexibility index (Phi) is 5.64. The molecule has 0 spiro atoms. The van der Waals surface area contributed by atoms with Crippen molar-refractivity contribution in [3.05, 3.63) is 59.7 Å². The smallest absolute Gasteiger partial charge is 0.253 e. The standard InChI is InChI=1S/C23H26BN5O/c1-27(2)19-6-3-16(4-7-19)23(30)29-11-9-28(10-12-29)15-17-13-22(25)26-21-14-18(24)5-8-20(17)21/h3-8,13-14H,9-12,15H2,1-2H3,(H2,25,26). The summed E-state index contributed by atoms with van der Waals surface area (Å²) >= 11 is 0. The van der Waals surface area contributed by atoms with Gasteiger partial charge >= 0.3 is 0 Å². The maximum Gasteiger partial charge on any atom is 0.253 e. The Morgan fingerprint density at radius 1 is 1.07 bits per heavy atom. The minimum absolute atomic E-state index is 0.0917. The van der Waals surface area contributed by atoms with Crippen molar-refractivity contribution in [3.8, 4) is 0 Å². The first kappa shape index (κ1) is 20.2. The van der Waals surface area contributed by atoms with Crippen LogP contribution in [-0.2, 0) is 6.54 Å². The fourth-order valence-corrected chi connectivity index (χ4v) is 3.91. The van der Waals surface area contributed by atoms with Crippen LogP contribution in [0.2, 0.25) is 0 Å². The Morgan fingerprint density at radius 2 is 1.77 bits per heavy atom. The fraction of sp³-hybridized carbons (Fsp3) is 0.304. The first-order valence-corrected chi connectivity index (χ1v) is 10.1. The highest BCUT2D eigenvalue weighted by Crippen LogP contribution is 2.21. The zero-order valence-corrected chi connectivity index (χ0v) is 17.5. The van der Waals surface area contributed by atoms with Gasteiger partial charge in [0.05, 0.1) is 5.52 Å². The summed E-state index contributed by atoms with van der Waals surface area (Å²) in [5, 5.41) is 1.07. The molecule has 1 aromatic heterocycles. The van der Waals surface area contributed by atoms with E-state index in [-0.39, 0.29) is 5.91 Å². The summed E-state index contributed by atoms with van der Waals surface area (Å²) in [5.74, 6) is 0.590. The van der Waals surface area contributed by atoms with Gasteiger partial charge in [-0.1, -0.05) is 17.6 Å². The van der Waals surface area contributed by atoms with Crippen LogP contribution in [0.5, 0.6) is 0 Å². The number of rotatable bonds is 4. The van der Waals surface area contributed by atoms with Crippen molar-refractivity contribution in [2.75, 3.05) is 50.9 Å². The topological polar surface area (TPSA) is 65.7 Å². The molecule has 1 aliphatic rings. The van der Waals surface area contributed by atoms with Gasteiger partial charge in [0.15, 0.2) is 0 Å². The summed E-state index contributed by atoms with van der Waals surface area (Å²) < 4.78 is 0. The summed E-state index contributed by atoms with van der Waals surface area (Å²) in [6.45, 7) is 3.83. The molecular formula is C23H26BN5O. The van der Waals surface area contributed by atoms with Crippen LogP contribution in [0.3, 0.4) is 0 Å². The number of benzene rings is 2. The third-order valence-corrected chi connectivity index (χ3v) is 5.62. The van der Waals surface area contributed by atoms with Gasteiger partial charge in [0.25, 0.3) is 5.91 Å². The van der Waals surface area contributed by atoms with Crippen molar-refractivity contribution >= 4 is 41.6 Å². The molecule has 1 amide bonds. The Bertz CT molecular complexity index is 1050. The number of nitrogens with two attached hydrogens (primary N) is 1. The molecule has 0 saturated carbocycles. The SMILES string of the molecule is [B]c1ccc2c(CN3CCN(C(=O)c4ccc(N(C)C)cc4)CC3)cc(N)nc2c1. The molecule has 1 saturated heterocycles. The molecule has 30 heavy (non-hydrogen) atoms. The lowest BCUT2D eigenvalue weighted by molar-refractivity contribution is 0.0629. The number of nitrogens with zero attached hydrogens (tertiary/aromatic N) is 4. The summed E-state index contributed by atoms with van der Waals surface area (Å²) in [4.78, 5) is 23.6. The highest BCUT2D eigenvalue weighted by Gasteiger charge is 2.22. The zero-order valence-electron chi connectivity index (χ0n) is 17.5. The lowest BCUT2D eigenvalue weighted by Gasteiger charge is -2.35. The largest absolute Gasteiger partial charge is 0.384 e. The van der Waals surface area contributed by atoms with Gasteiger partial charge in [-0.25, -0.2) is 4.98 Å². The van der Waals surface area contributed by atoms with Crippen molar-refractivity contribution in [1.29, 1.82) is 0 Å². The average Bonchev–Trinajstić information content (AvgIpc) is 2.73. The summed E-state index contributed by atoms with van der Waals surface area (Å²) in [7, 11) is 9.87. The quantitative estimate of drug-likeness (QED) is 0.676. The van der Waals surface area contributed by atoms with Crippen LogP contribution in [0, 0.1) is 0 Å². The Hall–Kier alpha value is -3.06. The van der Waals surface area contributed by atoms with E-state index < -0.39 is 0 Å². The molecule has 0 bridgehead atoms. The van der Waals surface area contributed by atoms with E-state index >= 15 is 0 Å². The zero-order chi connectivity index (χ0) is 21.3. The summed E-state index contributed by atoms with van der Waals surface area (Å²) in [6.07, 6.45) is 0. The summed E-state index contributed by atoms with van der Waals surface area (Å²) in [5.41, 5.74) is 10.5. The fourth-order valence-electron chi connectivity index (χ4n) is 3.91. The number of pyridine rings is 1. The van der Waals surface area contributed by atoms with Gasteiger partial charge < -0.3 is 15.5 Å². The van der Waals surface area contributed by atoms with Crippen LogP contribution >= 0.6 is 0 Å². The van der Waals surface area contributed by atoms with E-state index in [1.54, 1.807) is 0 Å². The Morgan fingerprint density at radius 3 is 2.43 bits per heavy atom. The molecule has 152 valence electrons. The number of fused-ring (bicyclic) bond motifs is 1. The van der Waals surface area contributed by atoms with Crippen molar-refractivity contribution in [3.63, 3.8) is 0 Å². The van der Waals surface area contributed by atoms with E-state index in [4.69, 9.17) is 13.6 Å². The van der Waals surface area contributed by atoms with Gasteiger partial charge in [0.1, 0.15) is 13.7 Å². The van der Waals surface area contributed by atoms with Crippen molar-refractivity contribution < 1.29 is 4.79 Å². The normalized spacial score (nSPS) is 14.8. The predicted molar refractivity (Wildman–Crippen MR) is 123 cm³/mol. The first-order chi connectivity index (χ1) is 14.4. The number of hydrogen-bond donors (Lipinski definition) is 1. The number of nitrogen functional groups attached to an aromatic ring is 1. The van der Waals surface area contributed by atoms with Gasteiger partial charge in [-0.15, -0.1) is 0 Å². The van der Waals surface area contributed by atoms with Gasteiger partial charge in [0.2, 0.25) is 0 Å². The molecule has 1 aliphatic heterocycles. The third-order valence-electron chi connectivity index (χ3n) is 5.62. The second-order valence-corrected chi connectivity index (χ2v) is 7.99. The molecule has 6 nitrogen and oxygen atoms in total. The predicted octanol–water partition coefficient (Wildman–Crippen LogP) is 1.63. The van der Waals surface area contributed by atoms with Gasteiger partial charge in [-0.05, 0) is 42.0 Å². The first-order valence-electron chi connectivity index (χ1n) is 10.1. The van der Waals surface area contributed by atoms with Crippen LogP contribution in [0.15, 0.2) is 48.5 Å². The number of amides is 1. The number of aromatic nitrogens is 1. The van der Waals surface area contributed by atoms with E-state index in [1.807, 2.05) is 72.4 Å². The Labute approximate surface area is 178 Å². The average molecular weight is 399 g/mol. The van der Waals surface area contributed by atoms with Crippen LogP contribution in [0.25, 0.3) is 10.9 Å². The lowest BCUT2D eigenvalue weighted by Crippen LogP contribution is -2.48. The number of anilines is 2. The van der Waals surface area contributed by atoms with E-state index in [0.29, 0.717) is 24.4 Å². The van der Waals surface area contributed by atoms with E-state index in [1.165, 1.54) is 0 Å². The molecule has 2 N–H and O–H groups in total. The molecule has 2 aromatic carbocycles. The molecule has 4 rings (SSSR count). The highest BCUT2D eigenvalue weighted by atomic mass is 16.2. The molecule has 2 heterocycles. The number of carbonyl (C=O) groups excluding carboxylic acids is 1. The monoisotopic (exact) mass is 399 g/mol.